The molecule has 28 heavy (non-hydrogen) atoms. The van der Waals surface area contributed by atoms with Gasteiger partial charge in [0.15, 0.2) is 0 Å². The number of carbonyl (C=O) groups excluding carboxylic acids is 1. The first kappa shape index (κ1) is 18.4. The average molecular weight is 399 g/mol. The monoisotopic (exact) mass is 399 g/mol. The summed E-state index contributed by atoms with van der Waals surface area (Å²) in [7, 11) is 0. The Morgan fingerprint density at radius 1 is 1.18 bits per heavy atom. The zero-order chi connectivity index (χ0) is 19.8. The van der Waals surface area contributed by atoms with Crippen molar-refractivity contribution < 1.29 is 9.72 Å². The summed E-state index contributed by atoms with van der Waals surface area (Å²) < 4.78 is 1.51. The van der Waals surface area contributed by atoms with Crippen molar-refractivity contribution >= 4 is 33.8 Å². The fraction of sp³-hybridized carbons (Fsp3) is 0.368. The summed E-state index contributed by atoms with van der Waals surface area (Å²) in [6, 6.07) is 7.74. The normalized spacial score (nSPS) is 14.8. The maximum atomic E-state index is 12.8. The molecule has 0 unspecified atom stereocenters. The summed E-state index contributed by atoms with van der Waals surface area (Å²) in [5.74, 6) is 0.786. The highest BCUT2D eigenvalue weighted by molar-refractivity contribution is 7.15. The van der Waals surface area contributed by atoms with Gasteiger partial charge in [0.25, 0.3) is 10.9 Å². The minimum atomic E-state index is -0.393. The largest absolute Gasteiger partial charge is 0.373 e. The summed E-state index contributed by atoms with van der Waals surface area (Å²) in [5, 5.41) is 13.3. The molecule has 1 fully saturated rings. The van der Waals surface area contributed by atoms with E-state index in [2.05, 4.69) is 18.8 Å². The van der Waals surface area contributed by atoms with Crippen LogP contribution in [0.1, 0.15) is 35.7 Å². The number of benzene rings is 1. The highest BCUT2D eigenvalue weighted by Crippen LogP contribution is 2.31. The highest BCUT2D eigenvalue weighted by atomic mass is 32.1. The first-order valence-electron chi connectivity index (χ1n) is 9.20. The van der Waals surface area contributed by atoms with E-state index in [1.165, 1.54) is 21.3 Å². The van der Waals surface area contributed by atoms with Gasteiger partial charge in [0.05, 0.1) is 0 Å². The molecule has 3 heterocycles. The Balaban J connectivity index is 1.47. The third-order valence-corrected chi connectivity index (χ3v) is 5.84. The molecule has 0 radical (unpaired) electrons. The number of imidazole rings is 1. The Hall–Kier alpha value is -2.94. The molecule has 1 saturated heterocycles. The summed E-state index contributed by atoms with van der Waals surface area (Å²) in [5.41, 5.74) is 1.87. The van der Waals surface area contributed by atoms with Crippen LogP contribution in [0.3, 0.4) is 0 Å². The van der Waals surface area contributed by atoms with E-state index in [0.29, 0.717) is 48.4 Å². The van der Waals surface area contributed by atoms with E-state index in [1.54, 1.807) is 16.5 Å². The number of fused-ring (bicyclic) bond motifs is 1. The van der Waals surface area contributed by atoms with Crippen LogP contribution in [0.5, 0.6) is 0 Å². The second-order valence-corrected chi connectivity index (χ2v) is 8.00. The van der Waals surface area contributed by atoms with E-state index in [1.807, 2.05) is 29.2 Å². The molecule has 0 atom stereocenters. The third kappa shape index (κ3) is 3.22. The van der Waals surface area contributed by atoms with E-state index in [0.717, 1.165) is 0 Å². The first-order valence-corrected chi connectivity index (χ1v) is 10.1. The number of rotatable bonds is 4. The van der Waals surface area contributed by atoms with Gasteiger partial charge in [-0.2, -0.15) is 9.38 Å². The van der Waals surface area contributed by atoms with Crippen LogP contribution in [-0.2, 0) is 0 Å². The fourth-order valence-electron chi connectivity index (χ4n) is 3.46. The van der Waals surface area contributed by atoms with Crippen molar-refractivity contribution in [3.8, 4) is 0 Å². The molecule has 0 saturated carbocycles. The SMILES string of the molecule is CC(C)c1ccc(C(=O)N2CCN(c3nc4sccn4c3[N+](=O)[O-])CC2)cc1. The van der Waals surface area contributed by atoms with Crippen LogP contribution >= 0.6 is 11.3 Å². The molecule has 1 aliphatic rings. The second kappa shape index (κ2) is 7.23. The lowest BCUT2D eigenvalue weighted by atomic mass is 10.0. The van der Waals surface area contributed by atoms with Crippen LogP contribution in [0.25, 0.3) is 4.96 Å². The molecule has 0 aliphatic carbocycles. The number of hydrogen-bond acceptors (Lipinski definition) is 6. The van der Waals surface area contributed by atoms with Crippen LogP contribution in [-0.4, -0.2) is 51.3 Å². The number of nitro groups is 1. The van der Waals surface area contributed by atoms with Gasteiger partial charge in [0, 0.05) is 37.1 Å². The van der Waals surface area contributed by atoms with Crippen molar-refractivity contribution in [1.82, 2.24) is 14.3 Å². The Labute approximate surface area is 166 Å². The number of aromatic nitrogens is 2. The quantitative estimate of drug-likeness (QED) is 0.496. The minimum absolute atomic E-state index is 0.00437. The Bertz CT molecular complexity index is 1020. The van der Waals surface area contributed by atoms with Gasteiger partial charge in [-0.15, -0.1) is 0 Å². The first-order chi connectivity index (χ1) is 13.5. The second-order valence-electron chi connectivity index (χ2n) is 7.13. The van der Waals surface area contributed by atoms with Gasteiger partial charge in [0.2, 0.25) is 5.82 Å². The van der Waals surface area contributed by atoms with E-state index in [4.69, 9.17) is 0 Å². The van der Waals surface area contributed by atoms with Crippen molar-refractivity contribution in [3.05, 3.63) is 57.1 Å². The number of hydrogen-bond donors (Lipinski definition) is 0. The van der Waals surface area contributed by atoms with Gasteiger partial charge < -0.3 is 19.9 Å². The molecule has 9 heteroatoms. The smallest absolute Gasteiger partial charge is 0.358 e. The maximum absolute atomic E-state index is 12.8. The molecule has 8 nitrogen and oxygen atoms in total. The fourth-order valence-corrected chi connectivity index (χ4v) is 4.16. The van der Waals surface area contributed by atoms with Crippen molar-refractivity contribution in [2.45, 2.75) is 19.8 Å². The zero-order valence-electron chi connectivity index (χ0n) is 15.7. The Morgan fingerprint density at radius 2 is 1.86 bits per heavy atom. The van der Waals surface area contributed by atoms with Gasteiger partial charge in [-0.05, 0) is 28.5 Å². The van der Waals surface area contributed by atoms with Crippen LogP contribution in [0.2, 0.25) is 0 Å². The maximum Gasteiger partial charge on any atom is 0.373 e. The molecule has 0 spiro atoms. The number of nitrogens with zero attached hydrogens (tertiary/aromatic N) is 5. The van der Waals surface area contributed by atoms with Gasteiger partial charge in [-0.1, -0.05) is 37.3 Å². The Kier molecular flexibility index (Phi) is 4.76. The molecule has 4 rings (SSSR count). The molecule has 2 aromatic heterocycles. The van der Waals surface area contributed by atoms with Crippen molar-refractivity contribution in [1.29, 1.82) is 0 Å². The van der Waals surface area contributed by atoms with Crippen molar-refractivity contribution in [2.24, 2.45) is 0 Å². The van der Waals surface area contributed by atoms with Crippen LogP contribution < -0.4 is 4.90 Å². The van der Waals surface area contributed by atoms with Gasteiger partial charge in [-0.3, -0.25) is 4.79 Å². The zero-order valence-corrected chi connectivity index (χ0v) is 16.6. The van der Waals surface area contributed by atoms with Crippen LogP contribution in [0, 0.1) is 10.1 Å². The number of piperazine rings is 1. The van der Waals surface area contributed by atoms with E-state index < -0.39 is 4.92 Å². The highest BCUT2D eigenvalue weighted by Gasteiger charge is 2.31. The van der Waals surface area contributed by atoms with Gasteiger partial charge in [0.1, 0.15) is 6.20 Å². The number of amides is 1. The number of anilines is 1. The van der Waals surface area contributed by atoms with Gasteiger partial charge >= 0.3 is 5.82 Å². The number of carbonyl (C=O) groups is 1. The standard InChI is InChI=1S/C19H21N5O3S/c1-13(2)14-3-5-15(6-4-14)18(25)22-9-7-21(8-10-22)16-17(24(26)27)23-11-12-28-19(23)20-16/h3-6,11-13H,7-10H2,1-2H3. The summed E-state index contributed by atoms with van der Waals surface area (Å²) in [4.78, 5) is 32.6. The van der Waals surface area contributed by atoms with Crippen molar-refractivity contribution in [3.63, 3.8) is 0 Å². The lowest BCUT2D eigenvalue weighted by Crippen LogP contribution is -2.49. The predicted octanol–water partition coefficient (Wildman–Crippen LogP) is 3.39. The molecule has 0 bridgehead atoms. The van der Waals surface area contributed by atoms with E-state index >= 15 is 0 Å². The van der Waals surface area contributed by atoms with Crippen LogP contribution in [0.15, 0.2) is 35.8 Å². The molecule has 0 N–H and O–H groups in total. The molecule has 3 aromatic rings. The molecular formula is C19H21N5O3S. The van der Waals surface area contributed by atoms with Crippen molar-refractivity contribution in [2.75, 3.05) is 31.1 Å². The van der Waals surface area contributed by atoms with E-state index in [9.17, 15) is 14.9 Å². The predicted molar refractivity (Wildman–Crippen MR) is 108 cm³/mol. The molecule has 1 amide bonds. The minimum Gasteiger partial charge on any atom is -0.358 e. The summed E-state index contributed by atoms with van der Waals surface area (Å²) in [6.07, 6.45) is 1.66. The lowest BCUT2D eigenvalue weighted by Gasteiger charge is -2.34. The van der Waals surface area contributed by atoms with Gasteiger partial charge in [-0.25, -0.2) is 0 Å². The van der Waals surface area contributed by atoms with Crippen LogP contribution in [0.4, 0.5) is 11.6 Å². The molecular weight excluding hydrogens is 378 g/mol. The molecule has 1 aromatic carbocycles. The topological polar surface area (TPSA) is 84.0 Å². The average Bonchev–Trinajstić information content (AvgIpc) is 3.28. The van der Waals surface area contributed by atoms with E-state index in [-0.39, 0.29) is 11.7 Å². The molecule has 146 valence electrons. The summed E-state index contributed by atoms with van der Waals surface area (Å²) >= 11 is 1.37. The summed E-state index contributed by atoms with van der Waals surface area (Å²) in [6.45, 7) is 6.29. The lowest BCUT2D eigenvalue weighted by molar-refractivity contribution is -0.389. The molecule has 1 aliphatic heterocycles. The third-order valence-electron chi connectivity index (χ3n) is 5.08. The Morgan fingerprint density at radius 3 is 2.46 bits per heavy atom. The number of thiazole rings is 1.